The summed E-state index contributed by atoms with van der Waals surface area (Å²) in [6.45, 7) is 11.8. The van der Waals surface area contributed by atoms with Crippen molar-refractivity contribution < 1.29 is 0 Å². The Balaban J connectivity index is 1.49. The van der Waals surface area contributed by atoms with Crippen LogP contribution in [-0.4, -0.2) is 0 Å². The minimum atomic E-state index is -0.191. The Bertz CT molecular complexity index is 2040. The fourth-order valence-electron chi connectivity index (χ4n) is 7.91. The first-order valence-electron chi connectivity index (χ1n) is 18.8. The first-order valence-corrected chi connectivity index (χ1v) is 18.8. The minimum Gasteiger partial charge on any atom is -0.0952 e. The van der Waals surface area contributed by atoms with Crippen LogP contribution in [0.1, 0.15) is 91.7 Å². The molecule has 0 amide bonds. The molecule has 0 radical (unpaired) electrons. The van der Waals surface area contributed by atoms with Crippen LogP contribution in [-0.2, 0) is 5.41 Å². The molecule has 0 aliphatic heterocycles. The quantitative estimate of drug-likeness (QED) is 0.102. The summed E-state index contributed by atoms with van der Waals surface area (Å²) >= 11 is 0. The van der Waals surface area contributed by atoms with Gasteiger partial charge in [0.05, 0.1) is 0 Å². The highest BCUT2D eigenvalue weighted by Gasteiger charge is 2.32. The van der Waals surface area contributed by atoms with E-state index in [9.17, 15) is 0 Å². The summed E-state index contributed by atoms with van der Waals surface area (Å²) in [5.74, 6) is 0.526. The Morgan fingerprint density at radius 1 is 0.577 bits per heavy atom. The van der Waals surface area contributed by atoms with Crippen LogP contribution in [0.2, 0.25) is 0 Å². The third-order valence-electron chi connectivity index (χ3n) is 10.8. The molecular formula is C52H52. The van der Waals surface area contributed by atoms with Crippen molar-refractivity contribution >= 4 is 17.2 Å². The summed E-state index contributed by atoms with van der Waals surface area (Å²) in [5, 5.41) is 0. The molecule has 0 nitrogen and oxygen atoms in total. The van der Waals surface area contributed by atoms with Crippen LogP contribution in [0.15, 0.2) is 200 Å². The van der Waals surface area contributed by atoms with Crippen molar-refractivity contribution in [2.24, 2.45) is 0 Å². The molecule has 0 heteroatoms. The lowest BCUT2D eigenvalue weighted by atomic mass is 9.69. The average molecular weight is 677 g/mol. The summed E-state index contributed by atoms with van der Waals surface area (Å²) in [4.78, 5) is 0. The van der Waals surface area contributed by atoms with E-state index >= 15 is 0 Å². The van der Waals surface area contributed by atoms with Gasteiger partial charge < -0.3 is 0 Å². The van der Waals surface area contributed by atoms with E-state index in [2.05, 4.69) is 215 Å². The van der Waals surface area contributed by atoms with Gasteiger partial charge in [-0.15, -0.1) is 0 Å². The van der Waals surface area contributed by atoms with Gasteiger partial charge in [-0.25, -0.2) is 0 Å². The number of allylic oxidation sites excluding steroid dienone is 4. The molecule has 6 aromatic rings. The monoisotopic (exact) mass is 676 g/mol. The van der Waals surface area contributed by atoms with E-state index in [1.807, 2.05) is 0 Å². The summed E-state index contributed by atoms with van der Waals surface area (Å²) < 4.78 is 0. The zero-order valence-electron chi connectivity index (χ0n) is 31.1. The van der Waals surface area contributed by atoms with Crippen molar-refractivity contribution in [2.45, 2.75) is 63.7 Å². The average Bonchev–Trinajstić information content (AvgIpc) is 3.20. The maximum absolute atomic E-state index is 4.67. The molecule has 0 spiro atoms. The predicted molar refractivity (Wildman–Crippen MR) is 225 cm³/mol. The Kier molecular flexibility index (Phi) is 12.3. The number of rotatable bonds is 15. The van der Waals surface area contributed by atoms with Crippen molar-refractivity contribution in [3.05, 3.63) is 233 Å². The molecule has 0 fully saturated rings. The topological polar surface area (TPSA) is 0 Å². The van der Waals surface area contributed by atoms with E-state index in [0.717, 1.165) is 25.7 Å². The van der Waals surface area contributed by atoms with Gasteiger partial charge in [-0.2, -0.15) is 0 Å². The molecule has 0 aliphatic rings. The van der Waals surface area contributed by atoms with E-state index in [1.165, 1.54) is 55.7 Å². The van der Waals surface area contributed by atoms with Crippen LogP contribution in [0.4, 0.5) is 0 Å². The molecule has 0 aromatic heterocycles. The molecule has 0 aliphatic carbocycles. The molecule has 6 rings (SSSR count). The maximum Gasteiger partial charge on any atom is 0.00517 e. The smallest absolute Gasteiger partial charge is 0.00517 e. The predicted octanol–water partition coefficient (Wildman–Crippen LogP) is 14.4. The first kappa shape index (κ1) is 36.3. The molecule has 6 aromatic carbocycles. The van der Waals surface area contributed by atoms with Crippen molar-refractivity contribution in [1.29, 1.82) is 0 Å². The van der Waals surface area contributed by atoms with E-state index in [1.54, 1.807) is 0 Å². The van der Waals surface area contributed by atoms with Gasteiger partial charge in [0.15, 0.2) is 0 Å². The molecular weight excluding hydrogens is 625 g/mol. The summed E-state index contributed by atoms with van der Waals surface area (Å²) in [7, 11) is 0. The SMILES string of the molecule is C=C(CC(C)(CC(=C(CCC(C(C)=Cc1ccccc1)c1ccccc1)C(C)c1ccccc1)c1ccccc1)c1ccccc1)c1ccccc1. The maximum atomic E-state index is 4.67. The zero-order chi connectivity index (χ0) is 36.2. The second kappa shape index (κ2) is 17.7. The first-order chi connectivity index (χ1) is 25.4. The van der Waals surface area contributed by atoms with Crippen LogP contribution in [0.3, 0.4) is 0 Å². The highest BCUT2D eigenvalue weighted by molar-refractivity contribution is 5.73. The number of hydrogen-bond donors (Lipinski definition) is 0. The molecule has 52 heavy (non-hydrogen) atoms. The molecule has 260 valence electrons. The Hall–Kier alpha value is -5.46. The lowest BCUT2D eigenvalue weighted by Gasteiger charge is -2.35. The fourth-order valence-corrected chi connectivity index (χ4v) is 7.91. The normalized spacial score (nSPS) is 14.5. The van der Waals surface area contributed by atoms with Crippen molar-refractivity contribution in [2.75, 3.05) is 0 Å². The van der Waals surface area contributed by atoms with Crippen LogP contribution in [0.5, 0.6) is 0 Å². The second-order valence-electron chi connectivity index (χ2n) is 14.6. The van der Waals surface area contributed by atoms with Crippen LogP contribution in [0, 0.1) is 0 Å². The molecule has 0 heterocycles. The molecule has 0 N–H and O–H groups in total. The van der Waals surface area contributed by atoms with Crippen LogP contribution < -0.4 is 0 Å². The number of benzene rings is 6. The highest BCUT2D eigenvalue weighted by Crippen LogP contribution is 2.46. The van der Waals surface area contributed by atoms with Gasteiger partial charge in [-0.05, 0) is 77.1 Å². The summed E-state index contributed by atoms with van der Waals surface area (Å²) in [6, 6.07) is 65.9. The Morgan fingerprint density at radius 3 is 1.60 bits per heavy atom. The fraction of sp³-hybridized carbons (Fsp3) is 0.192. The lowest BCUT2D eigenvalue weighted by Crippen LogP contribution is -2.24. The lowest BCUT2D eigenvalue weighted by molar-refractivity contribution is 0.496. The van der Waals surface area contributed by atoms with E-state index in [4.69, 9.17) is 0 Å². The third kappa shape index (κ3) is 9.25. The zero-order valence-corrected chi connectivity index (χ0v) is 31.1. The van der Waals surface area contributed by atoms with E-state index in [0.29, 0.717) is 0 Å². The third-order valence-corrected chi connectivity index (χ3v) is 10.8. The van der Waals surface area contributed by atoms with Gasteiger partial charge in [0.1, 0.15) is 0 Å². The van der Waals surface area contributed by atoms with Crippen LogP contribution in [0.25, 0.3) is 17.2 Å². The second-order valence-corrected chi connectivity index (χ2v) is 14.6. The molecule has 3 unspecified atom stereocenters. The van der Waals surface area contributed by atoms with Gasteiger partial charge in [0.2, 0.25) is 0 Å². The molecule has 0 bridgehead atoms. The van der Waals surface area contributed by atoms with E-state index < -0.39 is 0 Å². The largest absolute Gasteiger partial charge is 0.0952 e. The van der Waals surface area contributed by atoms with Gasteiger partial charge in [-0.1, -0.05) is 220 Å². The van der Waals surface area contributed by atoms with Gasteiger partial charge in [0.25, 0.3) is 0 Å². The molecule has 0 saturated heterocycles. The van der Waals surface area contributed by atoms with Crippen molar-refractivity contribution in [1.82, 2.24) is 0 Å². The summed E-state index contributed by atoms with van der Waals surface area (Å²) in [6.07, 6.45) is 6.12. The Labute approximate surface area is 312 Å². The standard InChI is InChI=1S/C52H52/c1-40(37-43-23-11-5-12-24-43)49(46-29-17-8-18-30-46)35-36-50(42(3)45-27-15-7-16-28-45)51(47-31-19-9-20-32-47)39-52(4,48-33-21-10-22-34-48)38-41(2)44-25-13-6-14-26-44/h5-34,37,42,49H,2,35-36,38-39H2,1,3-4H3. The van der Waals surface area contributed by atoms with Crippen molar-refractivity contribution in [3.8, 4) is 0 Å². The highest BCUT2D eigenvalue weighted by atomic mass is 14.4. The molecule has 0 saturated carbocycles. The van der Waals surface area contributed by atoms with Crippen LogP contribution >= 0.6 is 0 Å². The van der Waals surface area contributed by atoms with Gasteiger partial charge in [-0.3, -0.25) is 0 Å². The number of hydrogen-bond acceptors (Lipinski definition) is 0. The van der Waals surface area contributed by atoms with Gasteiger partial charge in [0, 0.05) is 17.3 Å². The summed E-state index contributed by atoms with van der Waals surface area (Å²) in [5.41, 5.74) is 13.2. The minimum absolute atomic E-state index is 0.191. The molecule has 3 atom stereocenters. The van der Waals surface area contributed by atoms with Crippen molar-refractivity contribution in [3.63, 3.8) is 0 Å². The Morgan fingerprint density at radius 2 is 1.04 bits per heavy atom. The van der Waals surface area contributed by atoms with E-state index in [-0.39, 0.29) is 17.3 Å². The van der Waals surface area contributed by atoms with Gasteiger partial charge >= 0.3 is 0 Å².